The number of nitro groups is 1. The molecule has 5 nitrogen and oxygen atoms in total. The summed E-state index contributed by atoms with van der Waals surface area (Å²) in [6.07, 6.45) is 8.57. The highest BCUT2D eigenvalue weighted by atomic mass is 16.6. The maximum Gasteiger partial charge on any atom is 0.277 e. The molecule has 0 radical (unpaired) electrons. The molecule has 3 unspecified atom stereocenters. The number of pyridine rings is 1. The number of benzene rings is 1. The van der Waals surface area contributed by atoms with Gasteiger partial charge in [0.2, 0.25) is 0 Å². The van der Waals surface area contributed by atoms with Gasteiger partial charge in [-0.1, -0.05) is 6.42 Å². The van der Waals surface area contributed by atoms with Gasteiger partial charge < -0.3 is 5.32 Å². The summed E-state index contributed by atoms with van der Waals surface area (Å²) in [4.78, 5) is 14.9. The highest BCUT2D eigenvalue weighted by Gasteiger charge is 2.39. The van der Waals surface area contributed by atoms with Crippen LogP contribution in [0.15, 0.2) is 30.6 Å². The van der Waals surface area contributed by atoms with Crippen molar-refractivity contribution in [2.45, 2.75) is 31.7 Å². The van der Waals surface area contributed by atoms with Gasteiger partial charge in [0.25, 0.3) is 5.69 Å². The first-order valence-corrected chi connectivity index (χ1v) is 7.50. The van der Waals surface area contributed by atoms with E-state index in [0.717, 1.165) is 22.9 Å². The molecule has 0 amide bonds. The summed E-state index contributed by atoms with van der Waals surface area (Å²) in [5.41, 5.74) is 1.12. The van der Waals surface area contributed by atoms with Crippen LogP contribution in [0.3, 0.4) is 0 Å². The third kappa shape index (κ3) is 2.04. The zero-order valence-corrected chi connectivity index (χ0v) is 11.7. The molecule has 2 bridgehead atoms. The minimum absolute atomic E-state index is 0.144. The number of rotatable bonds is 3. The molecular formula is C16H17N3O2. The third-order valence-electron chi connectivity index (χ3n) is 5.07. The second-order valence-corrected chi connectivity index (χ2v) is 6.24. The van der Waals surface area contributed by atoms with E-state index in [9.17, 15) is 10.1 Å². The Bertz CT molecular complexity index is 716. The molecule has 2 aromatic rings. The average molecular weight is 283 g/mol. The van der Waals surface area contributed by atoms with Gasteiger partial charge >= 0.3 is 0 Å². The Labute approximate surface area is 122 Å². The molecule has 3 atom stereocenters. The van der Waals surface area contributed by atoms with Crippen LogP contribution >= 0.6 is 0 Å². The molecule has 0 saturated heterocycles. The number of hydrogen-bond donors (Lipinski definition) is 1. The van der Waals surface area contributed by atoms with Crippen molar-refractivity contribution in [2.24, 2.45) is 11.8 Å². The summed E-state index contributed by atoms with van der Waals surface area (Å²) in [5, 5.41) is 16.3. The van der Waals surface area contributed by atoms with E-state index in [0.29, 0.717) is 11.4 Å². The zero-order chi connectivity index (χ0) is 14.4. The summed E-state index contributed by atoms with van der Waals surface area (Å²) >= 11 is 0. The number of nitro benzene ring substituents is 1. The minimum Gasteiger partial charge on any atom is -0.381 e. The molecule has 21 heavy (non-hydrogen) atoms. The first-order chi connectivity index (χ1) is 10.2. The molecule has 0 aliphatic heterocycles. The van der Waals surface area contributed by atoms with Crippen LogP contribution in [0.2, 0.25) is 0 Å². The molecule has 2 aliphatic carbocycles. The van der Waals surface area contributed by atoms with E-state index >= 15 is 0 Å². The molecule has 1 N–H and O–H groups in total. The zero-order valence-electron chi connectivity index (χ0n) is 11.7. The number of hydrogen-bond acceptors (Lipinski definition) is 4. The molecule has 1 heterocycles. The normalized spacial score (nSPS) is 27.1. The number of nitrogens with one attached hydrogen (secondary N) is 1. The fourth-order valence-corrected chi connectivity index (χ4v) is 4.08. The molecule has 2 saturated carbocycles. The predicted octanol–water partition coefficient (Wildman–Crippen LogP) is 3.74. The molecule has 1 aromatic heterocycles. The van der Waals surface area contributed by atoms with Gasteiger partial charge in [-0.15, -0.1) is 0 Å². The van der Waals surface area contributed by atoms with E-state index in [1.807, 2.05) is 6.07 Å². The first kappa shape index (κ1) is 12.6. The maximum atomic E-state index is 11.1. The summed E-state index contributed by atoms with van der Waals surface area (Å²) in [5.74, 6) is 1.63. The van der Waals surface area contributed by atoms with Crippen LogP contribution in [-0.2, 0) is 0 Å². The second kappa shape index (κ2) is 4.69. The smallest absolute Gasteiger partial charge is 0.277 e. The van der Waals surface area contributed by atoms with Crippen LogP contribution in [0.5, 0.6) is 0 Å². The topological polar surface area (TPSA) is 68.1 Å². The number of aromatic nitrogens is 1. The van der Waals surface area contributed by atoms with E-state index < -0.39 is 0 Å². The van der Waals surface area contributed by atoms with Crippen molar-refractivity contribution in [1.82, 2.24) is 4.98 Å². The van der Waals surface area contributed by atoms with Gasteiger partial charge in [-0.25, -0.2) is 0 Å². The van der Waals surface area contributed by atoms with Gasteiger partial charge in [0.1, 0.15) is 0 Å². The van der Waals surface area contributed by atoms with Crippen LogP contribution in [0.25, 0.3) is 10.8 Å². The van der Waals surface area contributed by atoms with E-state index in [-0.39, 0.29) is 10.6 Å². The van der Waals surface area contributed by atoms with Crippen molar-refractivity contribution < 1.29 is 4.92 Å². The van der Waals surface area contributed by atoms with Gasteiger partial charge in [0.05, 0.1) is 10.3 Å². The van der Waals surface area contributed by atoms with Crippen molar-refractivity contribution in [3.8, 4) is 0 Å². The summed E-state index contributed by atoms with van der Waals surface area (Å²) in [7, 11) is 0. The molecule has 2 aliphatic rings. The quantitative estimate of drug-likeness (QED) is 0.688. The van der Waals surface area contributed by atoms with Crippen LogP contribution in [0, 0.1) is 22.0 Å². The van der Waals surface area contributed by atoms with Crippen LogP contribution < -0.4 is 5.32 Å². The van der Waals surface area contributed by atoms with Crippen molar-refractivity contribution in [1.29, 1.82) is 0 Å². The average Bonchev–Trinajstić information content (AvgIpc) is 3.10. The third-order valence-corrected chi connectivity index (χ3v) is 5.07. The Morgan fingerprint density at radius 3 is 2.81 bits per heavy atom. The molecule has 0 spiro atoms. The molecule has 2 fully saturated rings. The Kier molecular flexibility index (Phi) is 2.80. The fraction of sp³-hybridized carbons (Fsp3) is 0.438. The van der Waals surface area contributed by atoms with Crippen molar-refractivity contribution >= 4 is 22.1 Å². The lowest BCUT2D eigenvalue weighted by Crippen LogP contribution is -2.25. The van der Waals surface area contributed by atoms with Gasteiger partial charge in [0.15, 0.2) is 0 Å². The van der Waals surface area contributed by atoms with E-state index in [1.165, 1.54) is 25.7 Å². The largest absolute Gasteiger partial charge is 0.381 e. The van der Waals surface area contributed by atoms with Crippen molar-refractivity contribution in [3.63, 3.8) is 0 Å². The molecule has 4 rings (SSSR count). The van der Waals surface area contributed by atoms with E-state index in [4.69, 9.17) is 0 Å². The molecule has 1 aromatic carbocycles. The van der Waals surface area contributed by atoms with Crippen LogP contribution in [-0.4, -0.2) is 15.9 Å². The predicted molar refractivity (Wildman–Crippen MR) is 81.3 cm³/mol. The summed E-state index contributed by atoms with van der Waals surface area (Å²) < 4.78 is 0. The first-order valence-electron chi connectivity index (χ1n) is 7.50. The lowest BCUT2D eigenvalue weighted by molar-refractivity contribution is -0.383. The standard InChI is InChI=1S/C16H17N3O2/c20-19(21)16-4-3-14(13-9-17-6-5-12(13)16)18-15-8-10-1-2-11(15)7-10/h3-6,9-11,15,18H,1-2,7-8H2. The summed E-state index contributed by atoms with van der Waals surface area (Å²) in [6, 6.07) is 5.65. The van der Waals surface area contributed by atoms with Gasteiger partial charge in [-0.2, -0.15) is 0 Å². The Hall–Kier alpha value is -2.17. The fourth-order valence-electron chi connectivity index (χ4n) is 4.08. The number of anilines is 1. The lowest BCUT2D eigenvalue weighted by atomic mass is 9.95. The van der Waals surface area contributed by atoms with E-state index in [2.05, 4.69) is 10.3 Å². The van der Waals surface area contributed by atoms with Gasteiger partial charge in [-0.3, -0.25) is 15.1 Å². The summed E-state index contributed by atoms with van der Waals surface area (Å²) in [6.45, 7) is 0. The monoisotopic (exact) mass is 283 g/mol. The van der Waals surface area contributed by atoms with Crippen molar-refractivity contribution in [2.75, 3.05) is 5.32 Å². The van der Waals surface area contributed by atoms with Crippen LogP contribution in [0.1, 0.15) is 25.7 Å². The molecular weight excluding hydrogens is 266 g/mol. The highest BCUT2D eigenvalue weighted by molar-refractivity contribution is 5.99. The second-order valence-electron chi connectivity index (χ2n) is 6.24. The lowest BCUT2D eigenvalue weighted by Gasteiger charge is -2.24. The molecule has 108 valence electrons. The van der Waals surface area contributed by atoms with Gasteiger partial charge in [0, 0.05) is 35.6 Å². The van der Waals surface area contributed by atoms with Gasteiger partial charge in [-0.05, 0) is 43.2 Å². The Balaban J connectivity index is 1.72. The van der Waals surface area contributed by atoms with E-state index in [1.54, 1.807) is 24.5 Å². The highest BCUT2D eigenvalue weighted by Crippen LogP contribution is 2.46. The minimum atomic E-state index is -0.330. The number of nitrogens with zero attached hydrogens (tertiary/aromatic N) is 2. The Morgan fingerprint density at radius 2 is 2.10 bits per heavy atom. The number of fused-ring (bicyclic) bond motifs is 3. The van der Waals surface area contributed by atoms with Crippen LogP contribution in [0.4, 0.5) is 11.4 Å². The van der Waals surface area contributed by atoms with Crippen molar-refractivity contribution in [3.05, 3.63) is 40.7 Å². The Morgan fingerprint density at radius 1 is 1.19 bits per heavy atom. The maximum absolute atomic E-state index is 11.1. The molecule has 5 heteroatoms. The SMILES string of the molecule is O=[N+]([O-])c1ccc(NC2CC3CCC2C3)c2cnccc12. The number of non-ortho nitro benzene ring substituents is 1.